The highest BCUT2D eigenvalue weighted by Gasteiger charge is 2.25. The second-order valence-corrected chi connectivity index (χ2v) is 5.00. The van der Waals surface area contributed by atoms with Crippen molar-refractivity contribution in [1.29, 1.82) is 0 Å². The second-order valence-electron chi connectivity index (χ2n) is 5.00. The Morgan fingerprint density at radius 2 is 2.32 bits per heavy atom. The smallest absolute Gasteiger partial charge is 0.290 e. The first-order valence-corrected chi connectivity index (χ1v) is 6.70. The van der Waals surface area contributed by atoms with Crippen LogP contribution in [0.25, 0.3) is 0 Å². The van der Waals surface area contributed by atoms with Crippen LogP contribution in [0.5, 0.6) is 0 Å². The first-order valence-electron chi connectivity index (χ1n) is 6.70. The van der Waals surface area contributed by atoms with Gasteiger partial charge in [0.15, 0.2) is 0 Å². The Morgan fingerprint density at radius 1 is 1.53 bits per heavy atom. The average Bonchev–Trinajstić information content (AvgIpc) is 2.71. The van der Waals surface area contributed by atoms with Crippen LogP contribution in [-0.2, 0) is 0 Å². The fourth-order valence-corrected chi connectivity index (χ4v) is 2.60. The van der Waals surface area contributed by atoms with Crippen LogP contribution in [-0.4, -0.2) is 46.4 Å². The summed E-state index contributed by atoms with van der Waals surface area (Å²) in [4.78, 5) is 25.6. The number of hydrogen-bond acceptors (Lipinski definition) is 5. The van der Waals surface area contributed by atoms with Gasteiger partial charge in [-0.15, -0.1) is 4.74 Å². The Labute approximate surface area is 111 Å². The van der Waals surface area contributed by atoms with Crippen LogP contribution in [0.2, 0.25) is 0 Å². The predicted molar refractivity (Wildman–Crippen MR) is 69.2 cm³/mol. The summed E-state index contributed by atoms with van der Waals surface area (Å²) in [6, 6.07) is 1.52. The van der Waals surface area contributed by atoms with E-state index < -0.39 is 5.56 Å². The van der Waals surface area contributed by atoms with E-state index in [1.807, 2.05) is 4.90 Å². The molecule has 1 atom stereocenters. The van der Waals surface area contributed by atoms with Crippen LogP contribution in [0.3, 0.4) is 0 Å². The van der Waals surface area contributed by atoms with Gasteiger partial charge >= 0.3 is 0 Å². The normalized spacial score (nSPS) is 20.6. The number of nitrogens with zero attached hydrogens (tertiary/aromatic N) is 2. The minimum absolute atomic E-state index is 0.120. The quantitative estimate of drug-likeness (QED) is 0.866. The molecule has 6 heteroatoms. The van der Waals surface area contributed by atoms with Crippen LogP contribution in [0.1, 0.15) is 36.2 Å². The number of carbonyl (C=O) groups is 1. The van der Waals surface area contributed by atoms with Gasteiger partial charge < -0.3 is 9.63 Å². The highest BCUT2D eigenvalue weighted by Crippen LogP contribution is 2.19. The Kier molecular flexibility index (Phi) is 4.55. The molecule has 0 spiro atoms. The molecule has 1 aliphatic heterocycles. The van der Waals surface area contributed by atoms with Crippen molar-refractivity contribution < 1.29 is 14.4 Å². The van der Waals surface area contributed by atoms with Crippen molar-refractivity contribution in [3.63, 3.8) is 0 Å². The lowest BCUT2D eigenvalue weighted by atomic mass is 10.00. The average molecular weight is 268 g/mol. The van der Waals surface area contributed by atoms with Crippen molar-refractivity contribution in [2.45, 2.75) is 38.6 Å². The molecule has 0 aromatic carbocycles. The van der Waals surface area contributed by atoms with Gasteiger partial charge in [0.2, 0.25) is 0 Å². The number of aromatic nitrogens is 1. The van der Waals surface area contributed by atoms with E-state index in [9.17, 15) is 9.59 Å². The first kappa shape index (κ1) is 14.0. The Bertz CT molecular complexity index is 489. The molecule has 1 N–H and O–H groups in total. The monoisotopic (exact) mass is 268 g/mol. The maximum Gasteiger partial charge on any atom is 0.290 e. The zero-order valence-corrected chi connectivity index (χ0v) is 11.2. The summed E-state index contributed by atoms with van der Waals surface area (Å²) in [6.07, 6.45) is 3.82. The maximum atomic E-state index is 12.1. The Morgan fingerprint density at radius 3 is 2.95 bits per heavy atom. The molecular weight excluding hydrogens is 248 g/mol. The summed E-state index contributed by atoms with van der Waals surface area (Å²) in [7, 11) is 0. The van der Waals surface area contributed by atoms with Crippen molar-refractivity contribution in [2.75, 3.05) is 19.7 Å². The van der Waals surface area contributed by atoms with E-state index in [1.54, 1.807) is 6.92 Å². The molecule has 2 rings (SSSR count). The summed E-state index contributed by atoms with van der Waals surface area (Å²) in [6.45, 7) is 2.75. The molecule has 0 amide bonds. The Balaban J connectivity index is 2.04. The zero-order chi connectivity index (χ0) is 13.8. The van der Waals surface area contributed by atoms with E-state index in [2.05, 4.69) is 0 Å². The summed E-state index contributed by atoms with van der Waals surface area (Å²) in [5.74, 6) is 0.0897. The van der Waals surface area contributed by atoms with Crippen LogP contribution in [0.15, 0.2) is 15.4 Å². The number of rotatable bonds is 4. The van der Waals surface area contributed by atoms with Gasteiger partial charge in [0.1, 0.15) is 5.76 Å². The van der Waals surface area contributed by atoms with Gasteiger partial charge in [-0.05, 0) is 32.7 Å². The third kappa shape index (κ3) is 3.33. The second kappa shape index (κ2) is 6.16. The van der Waals surface area contributed by atoms with Gasteiger partial charge in [-0.25, -0.2) is 0 Å². The number of aliphatic hydroxyl groups excluding tert-OH is 1. The molecule has 2 heterocycles. The van der Waals surface area contributed by atoms with Crippen molar-refractivity contribution in [3.8, 4) is 0 Å². The van der Waals surface area contributed by atoms with Crippen LogP contribution in [0, 0.1) is 6.92 Å². The topological polar surface area (TPSA) is 75.7 Å². The minimum Gasteiger partial charge on any atom is -0.396 e. The van der Waals surface area contributed by atoms with Gasteiger partial charge in [0.25, 0.3) is 11.5 Å². The standard InChI is InChI=1S/C13H20N2O4/c1-10-8-12(17)15(19-10)13(18)9-14-6-3-2-4-11(14)5-7-16/h8,11,16H,2-7,9H2,1H3. The molecule has 0 radical (unpaired) electrons. The van der Waals surface area contributed by atoms with E-state index in [0.717, 1.165) is 30.5 Å². The molecule has 1 aromatic rings. The number of carbonyl (C=O) groups excluding carboxylic acids is 1. The van der Waals surface area contributed by atoms with Gasteiger partial charge in [0.05, 0.1) is 6.54 Å². The van der Waals surface area contributed by atoms with Crippen molar-refractivity contribution >= 4 is 5.91 Å². The van der Waals surface area contributed by atoms with Crippen molar-refractivity contribution in [1.82, 2.24) is 9.64 Å². The summed E-state index contributed by atoms with van der Waals surface area (Å²) < 4.78 is 5.91. The van der Waals surface area contributed by atoms with E-state index in [0.29, 0.717) is 12.2 Å². The molecule has 0 saturated carbocycles. The van der Waals surface area contributed by atoms with Gasteiger partial charge in [-0.3, -0.25) is 14.5 Å². The number of piperidine rings is 1. The van der Waals surface area contributed by atoms with E-state index in [-0.39, 0.29) is 25.1 Å². The fourth-order valence-electron chi connectivity index (χ4n) is 2.60. The van der Waals surface area contributed by atoms with Gasteiger partial charge in [-0.2, -0.15) is 0 Å². The molecule has 1 fully saturated rings. The molecule has 106 valence electrons. The highest BCUT2D eigenvalue weighted by molar-refractivity contribution is 5.79. The number of likely N-dealkylation sites (tertiary alicyclic amines) is 1. The fraction of sp³-hybridized carbons (Fsp3) is 0.692. The number of hydrogen-bond donors (Lipinski definition) is 1. The summed E-state index contributed by atoms with van der Waals surface area (Å²) in [5.41, 5.74) is -0.418. The number of aryl methyl sites for hydroxylation is 1. The first-order chi connectivity index (χ1) is 9.11. The lowest BCUT2D eigenvalue weighted by Crippen LogP contribution is -2.45. The van der Waals surface area contributed by atoms with Gasteiger partial charge in [0, 0.05) is 18.7 Å². The SMILES string of the molecule is Cc1cc(=O)n(C(=O)CN2CCCCC2CCO)o1. The molecule has 19 heavy (non-hydrogen) atoms. The summed E-state index contributed by atoms with van der Waals surface area (Å²) >= 11 is 0. The van der Waals surface area contributed by atoms with Crippen LogP contribution in [0.4, 0.5) is 0 Å². The van der Waals surface area contributed by atoms with Crippen LogP contribution >= 0.6 is 0 Å². The summed E-state index contributed by atoms with van der Waals surface area (Å²) in [5, 5.41) is 9.05. The molecular formula is C13H20N2O4. The van der Waals surface area contributed by atoms with E-state index >= 15 is 0 Å². The van der Waals surface area contributed by atoms with Crippen molar-refractivity contribution in [2.24, 2.45) is 0 Å². The molecule has 1 saturated heterocycles. The maximum absolute atomic E-state index is 12.1. The molecule has 6 nitrogen and oxygen atoms in total. The van der Waals surface area contributed by atoms with E-state index in [4.69, 9.17) is 9.63 Å². The van der Waals surface area contributed by atoms with Gasteiger partial charge in [-0.1, -0.05) is 6.42 Å². The lowest BCUT2D eigenvalue weighted by molar-refractivity contribution is 0.0605. The third-order valence-corrected chi connectivity index (χ3v) is 3.54. The minimum atomic E-state index is -0.418. The third-order valence-electron chi connectivity index (χ3n) is 3.54. The predicted octanol–water partition coefficient (Wildman–Crippen LogP) is 0.627. The van der Waals surface area contributed by atoms with E-state index in [1.165, 1.54) is 6.07 Å². The Hall–Kier alpha value is -1.40. The largest absolute Gasteiger partial charge is 0.396 e. The lowest BCUT2D eigenvalue weighted by Gasteiger charge is -2.34. The molecule has 0 aliphatic carbocycles. The molecule has 0 bridgehead atoms. The molecule has 1 unspecified atom stereocenters. The highest BCUT2D eigenvalue weighted by atomic mass is 16.5. The number of aliphatic hydroxyl groups is 1. The van der Waals surface area contributed by atoms with Crippen LogP contribution < -0.4 is 5.56 Å². The van der Waals surface area contributed by atoms with Crippen molar-refractivity contribution in [3.05, 3.63) is 22.2 Å². The molecule has 1 aromatic heterocycles. The molecule has 1 aliphatic rings. The zero-order valence-electron chi connectivity index (χ0n) is 11.2.